The summed E-state index contributed by atoms with van der Waals surface area (Å²) in [5.41, 5.74) is 0.834. The molecule has 166 valence electrons. The van der Waals surface area contributed by atoms with E-state index in [9.17, 15) is 9.59 Å². The van der Waals surface area contributed by atoms with E-state index in [2.05, 4.69) is 9.82 Å². The van der Waals surface area contributed by atoms with E-state index in [0.717, 1.165) is 24.8 Å². The Balaban J connectivity index is 1.88. The summed E-state index contributed by atoms with van der Waals surface area (Å²) in [5.74, 6) is 5.09. The third-order valence-corrected chi connectivity index (χ3v) is 5.87. The van der Waals surface area contributed by atoms with Crippen molar-refractivity contribution in [2.45, 2.75) is 58.3 Å². The Morgan fingerprint density at radius 1 is 1.16 bits per heavy atom. The van der Waals surface area contributed by atoms with E-state index in [-0.39, 0.29) is 19.3 Å². The molecule has 0 bridgehead atoms. The number of ether oxygens (including phenoxy) is 1. The SMILES string of the molecule is CCn1c(=O)n(CCCON)c(=O)c2c1nc(OC1CCC1)n2Cc1ccc(Cl)cc1. The predicted octanol–water partition coefficient (Wildman–Crippen LogP) is 2.29. The van der Waals surface area contributed by atoms with Crippen LogP contribution in [0, 0.1) is 0 Å². The van der Waals surface area contributed by atoms with Crippen molar-refractivity contribution in [3.8, 4) is 6.01 Å². The molecule has 3 aromatic rings. The smallest absolute Gasteiger partial charge is 0.332 e. The number of benzene rings is 1. The minimum absolute atomic E-state index is 0.0755. The van der Waals surface area contributed by atoms with Gasteiger partial charge in [-0.1, -0.05) is 23.7 Å². The van der Waals surface area contributed by atoms with E-state index in [0.29, 0.717) is 41.7 Å². The van der Waals surface area contributed by atoms with Crippen molar-refractivity contribution in [1.82, 2.24) is 18.7 Å². The highest BCUT2D eigenvalue weighted by Gasteiger charge is 2.26. The molecule has 4 rings (SSSR count). The Hall–Kier alpha value is -2.62. The zero-order chi connectivity index (χ0) is 22.0. The van der Waals surface area contributed by atoms with Gasteiger partial charge in [0, 0.05) is 18.1 Å². The second-order valence-electron chi connectivity index (χ2n) is 7.66. The van der Waals surface area contributed by atoms with Crippen molar-refractivity contribution in [3.05, 3.63) is 55.7 Å². The largest absolute Gasteiger partial charge is 0.461 e. The number of halogens is 1. The number of aryl methyl sites for hydroxylation is 1. The third-order valence-electron chi connectivity index (χ3n) is 5.62. The first kappa shape index (κ1) is 21.6. The Morgan fingerprint density at radius 2 is 1.90 bits per heavy atom. The molecule has 10 heteroatoms. The monoisotopic (exact) mass is 447 g/mol. The van der Waals surface area contributed by atoms with Crippen LogP contribution in [0.5, 0.6) is 6.01 Å². The van der Waals surface area contributed by atoms with Gasteiger partial charge in [-0.05, 0) is 50.3 Å². The standard InChI is InChI=1S/C21H26ClN5O4/c1-2-25-18-17(19(28)26(21(25)29)11-4-12-30-23)27(13-14-7-9-15(22)10-8-14)20(24-18)31-16-5-3-6-16/h7-10,16H,2-6,11-13,23H2,1H3. The molecule has 2 aromatic heterocycles. The number of hydrogen-bond donors (Lipinski definition) is 1. The summed E-state index contributed by atoms with van der Waals surface area (Å²) in [6, 6.07) is 7.75. The van der Waals surface area contributed by atoms with E-state index >= 15 is 0 Å². The van der Waals surface area contributed by atoms with Crippen molar-refractivity contribution in [2.24, 2.45) is 5.90 Å². The summed E-state index contributed by atoms with van der Waals surface area (Å²) in [7, 11) is 0. The lowest BCUT2D eigenvalue weighted by atomic mass is 9.96. The van der Waals surface area contributed by atoms with Crippen LogP contribution in [0.3, 0.4) is 0 Å². The van der Waals surface area contributed by atoms with Crippen LogP contribution in [0.4, 0.5) is 0 Å². The van der Waals surface area contributed by atoms with Gasteiger partial charge in [-0.3, -0.25) is 18.5 Å². The number of nitrogens with zero attached hydrogens (tertiary/aromatic N) is 4. The molecule has 0 radical (unpaired) electrons. The molecule has 1 aromatic carbocycles. The number of nitrogens with two attached hydrogens (primary N) is 1. The molecule has 1 aliphatic rings. The molecule has 0 unspecified atom stereocenters. The molecule has 0 amide bonds. The third kappa shape index (κ3) is 4.26. The highest BCUT2D eigenvalue weighted by atomic mass is 35.5. The predicted molar refractivity (Wildman–Crippen MR) is 118 cm³/mol. The van der Waals surface area contributed by atoms with Crippen LogP contribution in [-0.4, -0.2) is 31.4 Å². The van der Waals surface area contributed by atoms with E-state index < -0.39 is 11.2 Å². The average Bonchev–Trinajstić information content (AvgIpc) is 3.07. The molecule has 1 aliphatic carbocycles. The van der Waals surface area contributed by atoms with E-state index in [1.165, 1.54) is 9.13 Å². The molecule has 2 N–H and O–H groups in total. The minimum Gasteiger partial charge on any atom is -0.461 e. The summed E-state index contributed by atoms with van der Waals surface area (Å²) in [6.45, 7) is 3.05. The Kier molecular flexibility index (Phi) is 6.45. The van der Waals surface area contributed by atoms with E-state index in [4.69, 9.17) is 22.2 Å². The van der Waals surface area contributed by atoms with Crippen LogP contribution < -0.4 is 21.9 Å². The molecular formula is C21H26ClN5O4. The van der Waals surface area contributed by atoms with Crippen molar-refractivity contribution < 1.29 is 9.57 Å². The van der Waals surface area contributed by atoms with Gasteiger partial charge in [-0.2, -0.15) is 4.98 Å². The van der Waals surface area contributed by atoms with E-state index in [1.807, 2.05) is 19.1 Å². The van der Waals surface area contributed by atoms with Gasteiger partial charge in [0.15, 0.2) is 11.2 Å². The maximum absolute atomic E-state index is 13.4. The quantitative estimate of drug-likeness (QED) is 0.398. The Morgan fingerprint density at radius 3 is 2.52 bits per heavy atom. The van der Waals surface area contributed by atoms with E-state index in [1.54, 1.807) is 16.7 Å². The topological polar surface area (TPSA) is 106 Å². The summed E-state index contributed by atoms with van der Waals surface area (Å²) in [5, 5.41) is 0.634. The molecule has 2 heterocycles. The van der Waals surface area contributed by atoms with Crippen molar-refractivity contribution in [3.63, 3.8) is 0 Å². The van der Waals surface area contributed by atoms with Gasteiger partial charge >= 0.3 is 5.69 Å². The van der Waals surface area contributed by atoms with Crippen LogP contribution in [-0.2, 0) is 24.5 Å². The van der Waals surface area contributed by atoms with Crippen LogP contribution in [0.25, 0.3) is 11.2 Å². The van der Waals surface area contributed by atoms with Crippen LogP contribution in [0.15, 0.2) is 33.9 Å². The van der Waals surface area contributed by atoms with Gasteiger partial charge in [0.2, 0.25) is 0 Å². The van der Waals surface area contributed by atoms with Crippen molar-refractivity contribution >= 4 is 22.8 Å². The fraction of sp³-hybridized carbons (Fsp3) is 0.476. The lowest BCUT2D eigenvalue weighted by Crippen LogP contribution is -2.40. The molecule has 0 atom stereocenters. The van der Waals surface area contributed by atoms with Crippen LogP contribution >= 0.6 is 11.6 Å². The normalized spacial score (nSPS) is 14.2. The van der Waals surface area contributed by atoms with Gasteiger partial charge in [-0.15, -0.1) is 0 Å². The fourth-order valence-corrected chi connectivity index (χ4v) is 3.83. The second kappa shape index (κ2) is 9.25. The van der Waals surface area contributed by atoms with Crippen molar-refractivity contribution in [1.29, 1.82) is 0 Å². The first-order valence-corrected chi connectivity index (χ1v) is 10.9. The molecule has 9 nitrogen and oxygen atoms in total. The highest BCUT2D eigenvalue weighted by Crippen LogP contribution is 2.27. The molecule has 0 aliphatic heterocycles. The van der Waals surface area contributed by atoms with Gasteiger partial charge in [0.05, 0.1) is 13.2 Å². The zero-order valence-corrected chi connectivity index (χ0v) is 18.2. The number of fused-ring (bicyclic) bond motifs is 1. The fourth-order valence-electron chi connectivity index (χ4n) is 3.71. The van der Waals surface area contributed by atoms with Gasteiger partial charge < -0.3 is 9.57 Å². The van der Waals surface area contributed by atoms with Gasteiger partial charge in [0.25, 0.3) is 11.6 Å². The molecular weight excluding hydrogens is 422 g/mol. The van der Waals surface area contributed by atoms with Crippen LogP contribution in [0.2, 0.25) is 5.02 Å². The van der Waals surface area contributed by atoms with Gasteiger partial charge in [-0.25, -0.2) is 10.7 Å². The first-order valence-electron chi connectivity index (χ1n) is 10.5. The molecule has 0 saturated heterocycles. The Bertz CT molecular complexity index is 1180. The molecule has 1 fully saturated rings. The second-order valence-corrected chi connectivity index (χ2v) is 8.09. The maximum Gasteiger partial charge on any atom is 0.332 e. The summed E-state index contributed by atoms with van der Waals surface area (Å²) >= 11 is 6.02. The summed E-state index contributed by atoms with van der Waals surface area (Å²) in [4.78, 5) is 35.6. The zero-order valence-electron chi connectivity index (χ0n) is 17.4. The molecule has 0 spiro atoms. The maximum atomic E-state index is 13.4. The molecule has 31 heavy (non-hydrogen) atoms. The lowest BCUT2D eigenvalue weighted by Gasteiger charge is -2.25. The summed E-state index contributed by atoms with van der Waals surface area (Å²) in [6.07, 6.45) is 3.53. The number of imidazole rings is 1. The minimum atomic E-state index is -0.400. The summed E-state index contributed by atoms with van der Waals surface area (Å²) < 4.78 is 10.6. The van der Waals surface area contributed by atoms with Crippen LogP contribution in [0.1, 0.15) is 38.2 Å². The average molecular weight is 448 g/mol. The number of rotatable bonds is 9. The lowest BCUT2D eigenvalue weighted by molar-refractivity contribution is 0.104. The number of aromatic nitrogens is 4. The van der Waals surface area contributed by atoms with Gasteiger partial charge in [0.1, 0.15) is 6.10 Å². The number of hydrogen-bond acceptors (Lipinski definition) is 6. The highest BCUT2D eigenvalue weighted by molar-refractivity contribution is 6.30. The van der Waals surface area contributed by atoms with Crippen molar-refractivity contribution in [2.75, 3.05) is 6.61 Å². The Labute approximate surface area is 183 Å². The first-order chi connectivity index (χ1) is 15.0. The molecule has 1 saturated carbocycles.